The van der Waals surface area contributed by atoms with Crippen LogP contribution < -0.4 is 0 Å². The van der Waals surface area contributed by atoms with Crippen molar-refractivity contribution >= 4 is 17.7 Å². The molecule has 0 aliphatic heterocycles. The van der Waals surface area contributed by atoms with Gasteiger partial charge in [-0.05, 0) is 18.9 Å². The van der Waals surface area contributed by atoms with Crippen LogP contribution in [0.15, 0.2) is 36.4 Å². The summed E-state index contributed by atoms with van der Waals surface area (Å²) in [7, 11) is 0. The van der Waals surface area contributed by atoms with E-state index in [1.807, 2.05) is 37.3 Å². The molecule has 0 heterocycles. The average molecular weight is 192 g/mol. The van der Waals surface area contributed by atoms with Crippen molar-refractivity contribution in [2.75, 3.05) is 0 Å². The molecule has 1 nitrogen and oxygen atoms in total. The monoisotopic (exact) mass is 192 g/mol. The van der Waals surface area contributed by atoms with Crippen molar-refractivity contribution in [2.24, 2.45) is 0 Å². The van der Waals surface area contributed by atoms with Gasteiger partial charge in [0.2, 0.25) is 5.12 Å². The molecule has 68 valence electrons. The second-order valence-electron chi connectivity index (χ2n) is 2.74. The molecule has 13 heavy (non-hydrogen) atoms. The molecule has 0 bridgehead atoms. The zero-order valence-corrected chi connectivity index (χ0v) is 8.42. The van der Waals surface area contributed by atoms with Crippen LogP contribution in [-0.4, -0.2) is 5.12 Å². The number of thiol groups is 1. The van der Waals surface area contributed by atoms with Crippen molar-refractivity contribution in [3.05, 3.63) is 47.5 Å². The Morgan fingerprint density at radius 2 is 2.15 bits per heavy atom. The Labute approximate surface area is 83.9 Å². The van der Waals surface area contributed by atoms with Gasteiger partial charge in [0.25, 0.3) is 0 Å². The lowest BCUT2D eigenvalue weighted by Crippen LogP contribution is -1.95. The van der Waals surface area contributed by atoms with Gasteiger partial charge in [0.05, 0.1) is 0 Å². The molecule has 0 saturated carbocycles. The third kappa shape index (κ3) is 2.74. The lowest BCUT2D eigenvalue weighted by atomic mass is 10.1. The van der Waals surface area contributed by atoms with Crippen LogP contribution in [0.5, 0.6) is 0 Å². The van der Waals surface area contributed by atoms with Crippen LogP contribution in [0, 0.1) is 0 Å². The molecule has 2 heteroatoms. The molecule has 0 spiro atoms. The highest BCUT2D eigenvalue weighted by molar-refractivity contribution is 7.97. The number of hydrogen-bond donors (Lipinski definition) is 1. The number of hydrogen-bond acceptors (Lipinski definition) is 1. The summed E-state index contributed by atoms with van der Waals surface area (Å²) >= 11 is 3.82. The maximum atomic E-state index is 11.1. The predicted molar refractivity (Wildman–Crippen MR) is 58.3 cm³/mol. The summed E-state index contributed by atoms with van der Waals surface area (Å²) < 4.78 is 0. The minimum atomic E-state index is -0.167. The Kier molecular flexibility index (Phi) is 3.77. The molecule has 0 saturated heterocycles. The van der Waals surface area contributed by atoms with Gasteiger partial charge in [0.1, 0.15) is 0 Å². The fraction of sp³-hybridized carbons (Fsp3) is 0.182. The van der Waals surface area contributed by atoms with Gasteiger partial charge >= 0.3 is 0 Å². The van der Waals surface area contributed by atoms with Gasteiger partial charge < -0.3 is 0 Å². The molecule has 1 aromatic carbocycles. The van der Waals surface area contributed by atoms with Crippen molar-refractivity contribution in [3.63, 3.8) is 0 Å². The van der Waals surface area contributed by atoms with Gasteiger partial charge in [-0.1, -0.05) is 36.4 Å². The average Bonchev–Trinajstić information content (AvgIpc) is 2.15. The predicted octanol–water partition coefficient (Wildman–Crippen LogP) is 2.88. The van der Waals surface area contributed by atoms with Gasteiger partial charge in [-0.2, -0.15) is 0 Å². The van der Waals surface area contributed by atoms with Crippen LogP contribution >= 0.6 is 12.6 Å². The normalized spacial score (nSPS) is 10.6. The fourth-order valence-electron chi connectivity index (χ4n) is 1.15. The summed E-state index contributed by atoms with van der Waals surface area (Å²) in [6, 6.07) is 7.53. The highest BCUT2D eigenvalue weighted by atomic mass is 32.1. The fourth-order valence-corrected chi connectivity index (χ4v) is 1.37. The molecular weight excluding hydrogens is 180 g/mol. The molecular formula is C11H12OS. The van der Waals surface area contributed by atoms with Crippen LogP contribution in [0.2, 0.25) is 0 Å². The third-order valence-corrected chi connectivity index (χ3v) is 2.06. The van der Waals surface area contributed by atoms with E-state index in [1.165, 1.54) is 0 Å². The molecule has 0 aliphatic carbocycles. The second kappa shape index (κ2) is 4.87. The van der Waals surface area contributed by atoms with Crippen molar-refractivity contribution < 1.29 is 4.79 Å². The first-order valence-corrected chi connectivity index (χ1v) is 4.62. The standard InChI is InChI=1S/C11H12OS/c1-2-3-6-9-7-4-5-8-10(9)11(12)13/h2-5,7-8H,6H2,1H3,(H,12,13). The highest BCUT2D eigenvalue weighted by Gasteiger charge is 2.04. The number of benzene rings is 1. The summed E-state index contributed by atoms with van der Waals surface area (Å²) in [5, 5.41) is -0.167. The van der Waals surface area contributed by atoms with E-state index in [1.54, 1.807) is 6.07 Å². The molecule has 0 fully saturated rings. The molecule has 0 atom stereocenters. The first-order chi connectivity index (χ1) is 6.25. The van der Waals surface area contributed by atoms with Gasteiger partial charge in [-0.3, -0.25) is 4.79 Å². The maximum absolute atomic E-state index is 11.1. The van der Waals surface area contributed by atoms with E-state index in [0.29, 0.717) is 5.56 Å². The summed E-state index contributed by atoms with van der Waals surface area (Å²) in [5.74, 6) is 0. The molecule has 0 N–H and O–H groups in total. The Morgan fingerprint density at radius 3 is 2.77 bits per heavy atom. The zero-order valence-electron chi connectivity index (χ0n) is 7.53. The Morgan fingerprint density at radius 1 is 1.46 bits per heavy atom. The summed E-state index contributed by atoms with van der Waals surface area (Å²) in [5.41, 5.74) is 1.73. The van der Waals surface area contributed by atoms with Crippen LogP contribution in [-0.2, 0) is 6.42 Å². The second-order valence-corrected chi connectivity index (χ2v) is 3.14. The Bertz CT molecular complexity index is 329. The van der Waals surface area contributed by atoms with E-state index >= 15 is 0 Å². The van der Waals surface area contributed by atoms with E-state index in [-0.39, 0.29) is 5.12 Å². The van der Waals surface area contributed by atoms with E-state index in [4.69, 9.17) is 0 Å². The van der Waals surface area contributed by atoms with Crippen molar-refractivity contribution in [3.8, 4) is 0 Å². The largest absolute Gasteiger partial charge is 0.282 e. The number of carbonyl (C=O) groups is 1. The smallest absolute Gasteiger partial charge is 0.216 e. The van der Waals surface area contributed by atoms with Gasteiger partial charge in [0, 0.05) is 5.56 Å². The summed E-state index contributed by atoms with van der Waals surface area (Å²) in [6.45, 7) is 1.96. The van der Waals surface area contributed by atoms with E-state index in [9.17, 15) is 4.79 Å². The quantitative estimate of drug-likeness (QED) is 0.575. The van der Waals surface area contributed by atoms with Crippen LogP contribution in [0.3, 0.4) is 0 Å². The van der Waals surface area contributed by atoms with Crippen LogP contribution in [0.25, 0.3) is 0 Å². The molecule has 0 amide bonds. The minimum absolute atomic E-state index is 0.167. The molecule has 1 rings (SSSR count). The molecule has 0 radical (unpaired) electrons. The maximum Gasteiger partial charge on any atom is 0.216 e. The van der Waals surface area contributed by atoms with E-state index < -0.39 is 0 Å². The van der Waals surface area contributed by atoms with Crippen molar-refractivity contribution in [1.29, 1.82) is 0 Å². The number of carbonyl (C=O) groups excluding carboxylic acids is 1. The van der Waals surface area contributed by atoms with Gasteiger partial charge in [-0.25, -0.2) is 0 Å². The van der Waals surface area contributed by atoms with E-state index in [0.717, 1.165) is 12.0 Å². The highest BCUT2D eigenvalue weighted by Crippen LogP contribution is 2.12. The number of allylic oxidation sites excluding steroid dienone is 2. The molecule has 0 aromatic heterocycles. The third-order valence-electron chi connectivity index (χ3n) is 1.82. The van der Waals surface area contributed by atoms with Gasteiger partial charge in [0.15, 0.2) is 0 Å². The molecule has 1 aromatic rings. The first-order valence-electron chi connectivity index (χ1n) is 4.18. The summed E-state index contributed by atoms with van der Waals surface area (Å²) in [6.07, 6.45) is 4.79. The zero-order chi connectivity index (χ0) is 9.68. The first kappa shape index (κ1) is 10.1. The number of rotatable bonds is 3. The molecule has 0 unspecified atom stereocenters. The minimum Gasteiger partial charge on any atom is -0.282 e. The van der Waals surface area contributed by atoms with E-state index in [2.05, 4.69) is 12.6 Å². The topological polar surface area (TPSA) is 17.1 Å². The Hall–Kier alpha value is -1.02. The van der Waals surface area contributed by atoms with Crippen molar-refractivity contribution in [2.45, 2.75) is 13.3 Å². The SMILES string of the molecule is CC=CCc1ccccc1C(=O)S. The molecule has 0 aliphatic rings. The van der Waals surface area contributed by atoms with Gasteiger partial charge in [-0.15, -0.1) is 12.6 Å². The van der Waals surface area contributed by atoms with Crippen LogP contribution in [0.4, 0.5) is 0 Å². The summed E-state index contributed by atoms with van der Waals surface area (Å²) in [4.78, 5) is 11.1. The lowest BCUT2D eigenvalue weighted by molar-refractivity contribution is 0.109. The van der Waals surface area contributed by atoms with Crippen molar-refractivity contribution in [1.82, 2.24) is 0 Å². The van der Waals surface area contributed by atoms with Crippen LogP contribution in [0.1, 0.15) is 22.8 Å². The lowest BCUT2D eigenvalue weighted by Gasteiger charge is -2.02. The Balaban J connectivity index is 2.97.